The van der Waals surface area contributed by atoms with Gasteiger partial charge in [0.05, 0.1) is 15.9 Å². The van der Waals surface area contributed by atoms with Gasteiger partial charge in [-0.1, -0.05) is 115 Å². The minimum atomic E-state index is 1.03. The second kappa shape index (κ2) is 9.62. The van der Waals surface area contributed by atoms with Gasteiger partial charge in [-0.25, -0.2) is 4.98 Å². The van der Waals surface area contributed by atoms with Crippen LogP contribution in [0.3, 0.4) is 0 Å². The number of pyridine rings is 1. The monoisotopic (exact) mass is 563 g/mol. The Kier molecular flexibility index (Phi) is 5.44. The Hall–Kier alpha value is -5.31. The molecule has 0 unspecified atom stereocenters. The lowest BCUT2D eigenvalue weighted by atomic mass is 9.95. The fourth-order valence-corrected chi connectivity index (χ4v) is 7.68. The van der Waals surface area contributed by atoms with Crippen molar-refractivity contribution < 1.29 is 0 Å². The highest BCUT2D eigenvalue weighted by Gasteiger charge is 2.16. The van der Waals surface area contributed by atoms with Gasteiger partial charge in [-0.15, -0.1) is 11.3 Å². The van der Waals surface area contributed by atoms with Crippen molar-refractivity contribution in [3.05, 3.63) is 152 Å². The molecule has 0 bridgehead atoms. The highest BCUT2D eigenvalue weighted by Crippen LogP contribution is 2.43. The molecule has 0 saturated carbocycles. The van der Waals surface area contributed by atoms with Crippen molar-refractivity contribution in [2.45, 2.75) is 0 Å². The van der Waals surface area contributed by atoms with Crippen molar-refractivity contribution in [2.24, 2.45) is 0 Å². The summed E-state index contributed by atoms with van der Waals surface area (Å²) in [5, 5.41) is 8.84. The molecule has 9 rings (SSSR count). The van der Waals surface area contributed by atoms with Crippen molar-refractivity contribution in [3.63, 3.8) is 0 Å². The van der Waals surface area contributed by atoms with Crippen molar-refractivity contribution in [1.82, 2.24) is 4.98 Å². The van der Waals surface area contributed by atoms with Crippen LogP contribution in [0.5, 0.6) is 0 Å². The lowest BCUT2D eigenvalue weighted by Crippen LogP contribution is -1.88. The normalized spacial score (nSPS) is 11.7. The van der Waals surface area contributed by atoms with Gasteiger partial charge in [0.15, 0.2) is 0 Å². The van der Waals surface area contributed by atoms with Gasteiger partial charge >= 0.3 is 0 Å². The molecule has 0 spiro atoms. The summed E-state index contributed by atoms with van der Waals surface area (Å²) in [6.45, 7) is 0. The smallest absolute Gasteiger partial charge is 0.0888 e. The number of benzene rings is 7. The van der Waals surface area contributed by atoms with Gasteiger partial charge in [-0.2, -0.15) is 0 Å². The molecule has 1 nitrogen and oxygen atoms in total. The summed E-state index contributed by atoms with van der Waals surface area (Å²) in [5.41, 5.74) is 8.12. The Morgan fingerprint density at radius 3 is 1.72 bits per heavy atom. The number of aromatic nitrogens is 1. The van der Waals surface area contributed by atoms with Crippen LogP contribution in [-0.2, 0) is 0 Å². The van der Waals surface area contributed by atoms with Gasteiger partial charge in [0.1, 0.15) is 0 Å². The average Bonchev–Trinajstić information content (AvgIpc) is 3.47. The first-order chi connectivity index (χ1) is 21.3. The van der Waals surface area contributed by atoms with E-state index in [0.29, 0.717) is 0 Å². The zero-order chi connectivity index (χ0) is 28.3. The Morgan fingerprint density at radius 2 is 0.953 bits per heavy atom. The summed E-state index contributed by atoms with van der Waals surface area (Å²) in [6.07, 6.45) is 0. The topological polar surface area (TPSA) is 12.9 Å². The molecular formula is C41H25NS. The third-order valence-electron chi connectivity index (χ3n) is 8.61. The van der Waals surface area contributed by atoms with Crippen LogP contribution in [0.1, 0.15) is 0 Å². The van der Waals surface area contributed by atoms with Crippen LogP contribution in [0.25, 0.3) is 86.1 Å². The van der Waals surface area contributed by atoms with E-state index in [2.05, 4.69) is 152 Å². The van der Waals surface area contributed by atoms with Crippen LogP contribution >= 0.6 is 11.3 Å². The molecule has 0 radical (unpaired) electrons. The fourth-order valence-electron chi connectivity index (χ4n) is 6.45. The molecule has 0 saturated heterocycles. The first kappa shape index (κ1) is 24.3. The number of hydrogen-bond donors (Lipinski definition) is 0. The Morgan fingerprint density at radius 1 is 0.395 bits per heavy atom. The zero-order valence-electron chi connectivity index (χ0n) is 23.3. The van der Waals surface area contributed by atoms with E-state index in [9.17, 15) is 0 Å². The lowest BCUT2D eigenvalue weighted by molar-refractivity contribution is 1.44. The minimum Gasteiger partial charge on any atom is -0.246 e. The molecule has 2 heterocycles. The molecule has 0 atom stereocenters. The molecule has 0 amide bonds. The van der Waals surface area contributed by atoms with Gasteiger partial charge in [0.25, 0.3) is 0 Å². The average molecular weight is 564 g/mol. The van der Waals surface area contributed by atoms with E-state index in [1.807, 2.05) is 11.3 Å². The van der Waals surface area contributed by atoms with Gasteiger partial charge in [0, 0.05) is 26.4 Å². The maximum absolute atomic E-state index is 5.22. The predicted octanol–water partition coefficient (Wildman–Crippen LogP) is 11.9. The molecule has 0 N–H and O–H groups in total. The van der Waals surface area contributed by atoms with Crippen LogP contribution < -0.4 is 0 Å². The van der Waals surface area contributed by atoms with E-state index < -0.39 is 0 Å². The second-order valence-electron chi connectivity index (χ2n) is 11.2. The fraction of sp³-hybridized carbons (Fsp3) is 0. The molecule has 0 aliphatic rings. The third kappa shape index (κ3) is 4.03. The van der Waals surface area contributed by atoms with Crippen LogP contribution in [0.4, 0.5) is 0 Å². The molecule has 2 heteroatoms. The van der Waals surface area contributed by atoms with Crippen LogP contribution in [0, 0.1) is 0 Å². The van der Waals surface area contributed by atoms with Gasteiger partial charge in [-0.05, 0) is 80.2 Å². The van der Waals surface area contributed by atoms with E-state index in [4.69, 9.17) is 4.98 Å². The number of rotatable bonds is 3. The van der Waals surface area contributed by atoms with Gasteiger partial charge in [-0.3, -0.25) is 0 Å². The number of thiophene rings is 1. The number of para-hydroxylation sites is 1. The molecule has 200 valence electrons. The van der Waals surface area contributed by atoms with Gasteiger partial charge < -0.3 is 0 Å². The van der Waals surface area contributed by atoms with E-state index in [1.165, 1.54) is 69.4 Å². The van der Waals surface area contributed by atoms with Crippen LogP contribution in [0.2, 0.25) is 0 Å². The van der Waals surface area contributed by atoms with E-state index in [0.717, 1.165) is 16.8 Å². The summed E-state index contributed by atoms with van der Waals surface area (Å²) in [6, 6.07) is 54.9. The summed E-state index contributed by atoms with van der Waals surface area (Å²) in [5.74, 6) is 0. The molecule has 7 aromatic carbocycles. The maximum atomic E-state index is 5.22. The van der Waals surface area contributed by atoms with E-state index in [1.54, 1.807) is 0 Å². The maximum Gasteiger partial charge on any atom is 0.0888 e. The summed E-state index contributed by atoms with van der Waals surface area (Å²) in [7, 11) is 0. The van der Waals surface area contributed by atoms with Gasteiger partial charge in [0.2, 0.25) is 0 Å². The van der Waals surface area contributed by atoms with Crippen molar-refractivity contribution >= 4 is 64.0 Å². The highest BCUT2D eigenvalue weighted by molar-refractivity contribution is 7.26. The SMILES string of the molecule is c1cc(-c2ccc3cc(-c4ccc5ccccc5c4)ccc3c2)cc(-c2nc3ccccc3c3c2sc2ccccc23)c1. The molecule has 0 fully saturated rings. The molecule has 9 aromatic rings. The molecule has 2 aromatic heterocycles. The Bertz CT molecular complexity index is 2520. The standard InChI is InChI=1S/C41H25NS/c1-2-9-27-22-30(17-16-26(27)8-1)32-21-20-31-23-29(18-19-33(31)24-32)28-10-7-11-34(25-28)40-41-39(35-12-3-5-14-37(35)42-40)36-13-4-6-15-38(36)43-41/h1-25H. The number of hydrogen-bond acceptors (Lipinski definition) is 2. The second-order valence-corrected chi connectivity index (χ2v) is 12.3. The first-order valence-corrected chi connectivity index (χ1v) is 15.4. The number of nitrogens with zero attached hydrogens (tertiary/aromatic N) is 1. The molecular weight excluding hydrogens is 539 g/mol. The van der Waals surface area contributed by atoms with E-state index >= 15 is 0 Å². The molecule has 0 aliphatic carbocycles. The molecule has 43 heavy (non-hydrogen) atoms. The summed E-state index contributed by atoms with van der Waals surface area (Å²) < 4.78 is 2.54. The highest BCUT2D eigenvalue weighted by atomic mass is 32.1. The quantitative estimate of drug-likeness (QED) is 0.208. The van der Waals surface area contributed by atoms with Crippen molar-refractivity contribution in [3.8, 4) is 33.5 Å². The van der Waals surface area contributed by atoms with Crippen LogP contribution in [-0.4, -0.2) is 4.98 Å². The first-order valence-electron chi connectivity index (χ1n) is 14.6. The Balaban J connectivity index is 1.14. The lowest BCUT2D eigenvalue weighted by Gasteiger charge is -2.10. The number of fused-ring (bicyclic) bond motifs is 7. The molecule has 0 aliphatic heterocycles. The summed E-state index contributed by atoms with van der Waals surface area (Å²) >= 11 is 1.84. The third-order valence-corrected chi connectivity index (χ3v) is 9.79. The minimum absolute atomic E-state index is 1.03. The predicted molar refractivity (Wildman–Crippen MR) is 186 cm³/mol. The van der Waals surface area contributed by atoms with Crippen molar-refractivity contribution in [1.29, 1.82) is 0 Å². The summed E-state index contributed by atoms with van der Waals surface area (Å²) in [4.78, 5) is 5.22. The van der Waals surface area contributed by atoms with Crippen LogP contribution in [0.15, 0.2) is 152 Å². The zero-order valence-corrected chi connectivity index (χ0v) is 24.1. The van der Waals surface area contributed by atoms with E-state index in [-0.39, 0.29) is 0 Å². The Labute approximate surface area is 253 Å². The largest absolute Gasteiger partial charge is 0.246 e. The van der Waals surface area contributed by atoms with Crippen molar-refractivity contribution in [2.75, 3.05) is 0 Å².